The molecule has 38 heavy (non-hydrogen) atoms. The summed E-state index contributed by atoms with van der Waals surface area (Å²) < 4.78 is 0. The molecule has 0 aliphatic carbocycles. The zero-order valence-electron chi connectivity index (χ0n) is 20.4. The van der Waals surface area contributed by atoms with Crippen LogP contribution in [-0.4, -0.2) is 24.9 Å². The largest absolute Gasteiger partial charge is 0.264 e. The number of fused-ring (bicyclic) bond motifs is 2. The van der Waals surface area contributed by atoms with E-state index in [4.69, 9.17) is 15.0 Å². The van der Waals surface area contributed by atoms with Crippen molar-refractivity contribution in [2.24, 2.45) is 0 Å². The van der Waals surface area contributed by atoms with Crippen LogP contribution in [0.2, 0.25) is 0 Å². The van der Waals surface area contributed by atoms with Gasteiger partial charge in [-0.2, -0.15) is 0 Å². The topological polar surface area (TPSA) is 64.5 Å². The predicted molar refractivity (Wildman–Crippen MR) is 152 cm³/mol. The average molecular weight is 488 g/mol. The van der Waals surface area contributed by atoms with Gasteiger partial charge in [-0.1, -0.05) is 91.0 Å². The van der Waals surface area contributed by atoms with E-state index in [0.29, 0.717) is 17.5 Å². The van der Waals surface area contributed by atoms with Crippen LogP contribution in [-0.2, 0) is 0 Å². The Bertz CT molecular complexity index is 1910. The lowest BCUT2D eigenvalue weighted by molar-refractivity contribution is 1.07. The zero-order chi connectivity index (χ0) is 25.3. The first-order valence-electron chi connectivity index (χ1n) is 12.4. The van der Waals surface area contributed by atoms with Gasteiger partial charge in [-0.3, -0.25) is 9.97 Å². The summed E-state index contributed by atoms with van der Waals surface area (Å²) >= 11 is 0. The van der Waals surface area contributed by atoms with Gasteiger partial charge in [-0.25, -0.2) is 15.0 Å². The minimum Gasteiger partial charge on any atom is -0.264 e. The lowest BCUT2D eigenvalue weighted by Gasteiger charge is -2.10. The molecule has 0 bridgehead atoms. The van der Waals surface area contributed by atoms with Gasteiger partial charge >= 0.3 is 0 Å². The molecule has 3 aromatic heterocycles. The number of pyridine rings is 2. The highest BCUT2D eigenvalue weighted by atomic mass is 15.0. The number of nitrogens with zero attached hydrogens (tertiary/aromatic N) is 5. The fourth-order valence-corrected chi connectivity index (χ4v) is 4.71. The molecule has 0 N–H and O–H groups in total. The van der Waals surface area contributed by atoms with Gasteiger partial charge in [0, 0.05) is 51.6 Å². The molecule has 0 amide bonds. The molecule has 178 valence electrons. The normalized spacial score (nSPS) is 11.2. The molecule has 0 atom stereocenters. The van der Waals surface area contributed by atoms with Gasteiger partial charge in [0.25, 0.3) is 0 Å². The maximum atomic E-state index is 4.91. The zero-order valence-corrected chi connectivity index (χ0v) is 20.4. The van der Waals surface area contributed by atoms with Crippen molar-refractivity contribution in [1.29, 1.82) is 0 Å². The fourth-order valence-electron chi connectivity index (χ4n) is 4.71. The van der Waals surface area contributed by atoms with Crippen molar-refractivity contribution in [2.45, 2.75) is 0 Å². The molecule has 5 heteroatoms. The van der Waals surface area contributed by atoms with Gasteiger partial charge in [-0.05, 0) is 29.1 Å². The number of aromatic nitrogens is 5. The van der Waals surface area contributed by atoms with Crippen LogP contribution in [0.15, 0.2) is 128 Å². The maximum absolute atomic E-state index is 4.91. The summed E-state index contributed by atoms with van der Waals surface area (Å²) in [5, 5.41) is 3.29. The highest BCUT2D eigenvalue weighted by Crippen LogP contribution is 2.30. The Morgan fingerprint density at radius 3 is 1.92 bits per heavy atom. The van der Waals surface area contributed by atoms with Gasteiger partial charge in [0.2, 0.25) is 0 Å². The van der Waals surface area contributed by atoms with Crippen molar-refractivity contribution >= 4 is 21.7 Å². The summed E-state index contributed by atoms with van der Waals surface area (Å²) in [4.78, 5) is 23.5. The molecule has 0 aliphatic heterocycles. The maximum Gasteiger partial charge on any atom is 0.164 e. The Labute approximate surface area is 219 Å². The summed E-state index contributed by atoms with van der Waals surface area (Å²) in [7, 11) is 0. The van der Waals surface area contributed by atoms with Gasteiger partial charge in [-0.15, -0.1) is 0 Å². The van der Waals surface area contributed by atoms with E-state index < -0.39 is 0 Å². The first kappa shape index (κ1) is 21.9. The highest BCUT2D eigenvalue weighted by molar-refractivity contribution is 5.93. The van der Waals surface area contributed by atoms with Crippen molar-refractivity contribution in [3.63, 3.8) is 0 Å². The number of para-hydroxylation sites is 1. The van der Waals surface area contributed by atoms with E-state index in [2.05, 4.69) is 70.6 Å². The van der Waals surface area contributed by atoms with E-state index in [9.17, 15) is 0 Å². The van der Waals surface area contributed by atoms with Crippen molar-refractivity contribution in [2.75, 3.05) is 0 Å². The van der Waals surface area contributed by atoms with E-state index in [0.717, 1.165) is 49.5 Å². The monoisotopic (exact) mass is 487 g/mol. The smallest absolute Gasteiger partial charge is 0.164 e. The van der Waals surface area contributed by atoms with Crippen LogP contribution in [0.3, 0.4) is 0 Å². The third-order valence-electron chi connectivity index (χ3n) is 6.65. The van der Waals surface area contributed by atoms with E-state index in [1.54, 1.807) is 6.20 Å². The SMILES string of the molecule is c1ccc(-c2nc(-c3ccc(-c4cccc5cccnc45)cc3)nc(-c3ccc4cnccc4c3)n2)cc1. The molecule has 0 spiro atoms. The number of hydrogen-bond acceptors (Lipinski definition) is 5. The highest BCUT2D eigenvalue weighted by Gasteiger charge is 2.13. The quantitative estimate of drug-likeness (QED) is 0.255. The molecule has 0 saturated heterocycles. The van der Waals surface area contributed by atoms with E-state index in [-0.39, 0.29) is 0 Å². The molecular weight excluding hydrogens is 466 g/mol. The second-order valence-electron chi connectivity index (χ2n) is 9.07. The Morgan fingerprint density at radius 2 is 1.11 bits per heavy atom. The summed E-state index contributed by atoms with van der Waals surface area (Å²) in [6.45, 7) is 0. The fraction of sp³-hybridized carbons (Fsp3) is 0. The van der Waals surface area contributed by atoms with Crippen LogP contribution in [0.4, 0.5) is 0 Å². The molecule has 0 aliphatic rings. The van der Waals surface area contributed by atoms with Crippen LogP contribution in [0.25, 0.3) is 67.0 Å². The number of benzene rings is 4. The Balaban J connectivity index is 1.34. The van der Waals surface area contributed by atoms with Crippen LogP contribution in [0, 0.1) is 0 Å². The summed E-state index contributed by atoms with van der Waals surface area (Å²) in [6.07, 6.45) is 5.49. The van der Waals surface area contributed by atoms with Crippen molar-refractivity contribution in [1.82, 2.24) is 24.9 Å². The summed E-state index contributed by atoms with van der Waals surface area (Å²) in [5.74, 6) is 1.91. The third-order valence-corrected chi connectivity index (χ3v) is 6.65. The molecule has 4 aromatic carbocycles. The van der Waals surface area contributed by atoms with Crippen molar-refractivity contribution in [3.05, 3.63) is 128 Å². The van der Waals surface area contributed by atoms with Crippen LogP contribution in [0.5, 0.6) is 0 Å². The molecule has 0 unspecified atom stereocenters. The van der Waals surface area contributed by atoms with E-state index in [1.807, 2.05) is 60.9 Å². The van der Waals surface area contributed by atoms with Crippen molar-refractivity contribution < 1.29 is 0 Å². The Kier molecular flexibility index (Phi) is 5.37. The minimum atomic E-state index is 0.631. The van der Waals surface area contributed by atoms with E-state index in [1.165, 1.54) is 0 Å². The number of hydrogen-bond donors (Lipinski definition) is 0. The minimum absolute atomic E-state index is 0.631. The van der Waals surface area contributed by atoms with E-state index >= 15 is 0 Å². The molecule has 0 saturated carbocycles. The molecular formula is C33H21N5. The molecule has 5 nitrogen and oxygen atoms in total. The van der Waals surface area contributed by atoms with Crippen LogP contribution in [0.1, 0.15) is 0 Å². The third kappa shape index (κ3) is 4.06. The molecule has 7 rings (SSSR count). The lowest BCUT2D eigenvalue weighted by Crippen LogP contribution is -2.00. The van der Waals surface area contributed by atoms with Gasteiger partial charge in [0.05, 0.1) is 5.52 Å². The lowest BCUT2D eigenvalue weighted by atomic mass is 10.0. The average Bonchev–Trinajstić information content (AvgIpc) is 3.01. The standard InChI is InChI=1S/C33H21N5/c1-2-6-24(7-3-1)31-36-32(38-33(37-31)27-15-16-28-21-34-19-17-26(28)20-27)25-13-11-22(12-14-25)29-10-4-8-23-9-5-18-35-30(23)29/h1-21H. The van der Waals surface area contributed by atoms with Gasteiger partial charge < -0.3 is 0 Å². The van der Waals surface area contributed by atoms with Gasteiger partial charge in [0.1, 0.15) is 0 Å². The van der Waals surface area contributed by atoms with Crippen molar-refractivity contribution in [3.8, 4) is 45.3 Å². The predicted octanol–water partition coefficient (Wildman–Crippen LogP) is 7.64. The Morgan fingerprint density at radius 1 is 0.421 bits per heavy atom. The Hall–Kier alpha value is -5.29. The summed E-state index contributed by atoms with van der Waals surface area (Å²) in [5.41, 5.74) is 5.99. The second-order valence-corrected chi connectivity index (χ2v) is 9.07. The number of rotatable bonds is 4. The molecule has 7 aromatic rings. The van der Waals surface area contributed by atoms with Crippen LogP contribution >= 0.6 is 0 Å². The second kappa shape index (κ2) is 9.30. The first-order valence-corrected chi connectivity index (χ1v) is 12.4. The molecule has 3 heterocycles. The molecule has 0 radical (unpaired) electrons. The first-order chi connectivity index (χ1) is 18.8. The van der Waals surface area contributed by atoms with Gasteiger partial charge in [0.15, 0.2) is 17.5 Å². The van der Waals surface area contributed by atoms with Crippen LogP contribution < -0.4 is 0 Å². The summed E-state index contributed by atoms with van der Waals surface area (Å²) in [6, 6.07) is 36.9. The molecule has 0 fully saturated rings.